The predicted octanol–water partition coefficient (Wildman–Crippen LogP) is 1.61. The number of hydrogen-bond donors (Lipinski definition) is 2. The third-order valence-corrected chi connectivity index (χ3v) is 6.67. The van der Waals surface area contributed by atoms with Gasteiger partial charge in [-0.05, 0) is 45.4 Å². The van der Waals surface area contributed by atoms with Gasteiger partial charge in [0.15, 0.2) is 0 Å². The summed E-state index contributed by atoms with van der Waals surface area (Å²) < 4.78 is 26.2. The summed E-state index contributed by atoms with van der Waals surface area (Å²) >= 11 is 0. The van der Waals surface area contributed by atoms with Crippen LogP contribution in [0.4, 0.5) is 8.78 Å². The van der Waals surface area contributed by atoms with Crippen LogP contribution in [0, 0.1) is 16.7 Å². The second-order valence-electron chi connectivity index (χ2n) is 8.47. The highest BCUT2D eigenvalue weighted by Gasteiger charge is 2.52. The molecule has 6 nitrogen and oxygen atoms in total. The van der Waals surface area contributed by atoms with Gasteiger partial charge >= 0.3 is 0 Å². The number of nitriles is 1. The molecule has 1 saturated heterocycles. The fourth-order valence-electron chi connectivity index (χ4n) is 4.75. The van der Waals surface area contributed by atoms with Gasteiger partial charge < -0.3 is 15.5 Å². The second-order valence-corrected chi connectivity index (χ2v) is 8.47. The molecule has 4 rings (SSSR count). The molecule has 0 spiro atoms. The Morgan fingerprint density at radius 3 is 2.44 bits per heavy atom. The molecule has 3 atom stereocenters. The van der Waals surface area contributed by atoms with Crippen molar-refractivity contribution in [1.29, 1.82) is 5.26 Å². The largest absolute Gasteiger partial charge is 0.351 e. The van der Waals surface area contributed by atoms with Gasteiger partial charge in [-0.3, -0.25) is 9.59 Å². The van der Waals surface area contributed by atoms with Crippen LogP contribution in [0.5, 0.6) is 0 Å². The molecule has 0 unspecified atom stereocenters. The number of nitrogens with zero attached hydrogens (tertiary/aromatic N) is 2. The van der Waals surface area contributed by atoms with Crippen LogP contribution in [0.2, 0.25) is 0 Å². The smallest absolute Gasteiger partial charge is 0.237 e. The molecule has 0 aromatic heterocycles. The molecule has 27 heavy (non-hydrogen) atoms. The highest BCUT2D eigenvalue weighted by Crippen LogP contribution is 2.52. The fourth-order valence-corrected chi connectivity index (χ4v) is 4.75. The quantitative estimate of drug-likeness (QED) is 0.731. The first-order valence-corrected chi connectivity index (χ1v) is 9.78. The van der Waals surface area contributed by atoms with Crippen LogP contribution in [-0.2, 0) is 9.59 Å². The maximum atomic E-state index is 13.5. The van der Waals surface area contributed by atoms with Crippen molar-refractivity contribution >= 4 is 11.8 Å². The fraction of sp³-hybridized carbons (Fsp3) is 0.842. The summed E-state index contributed by atoms with van der Waals surface area (Å²) in [7, 11) is 0. The van der Waals surface area contributed by atoms with Gasteiger partial charge in [0.2, 0.25) is 11.8 Å². The normalized spacial score (nSPS) is 36.3. The van der Waals surface area contributed by atoms with E-state index in [1.165, 1.54) is 4.90 Å². The summed E-state index contributed by atoms with van der Waals surface area (Å²) in [6.45, 7) is 1.16. The zero-order chi connectivity index (χ0) is 19.7. The van der Waals surface area contributed by atoms with Crippen LogP contribution in [0.15, 0.2) is 0 Å². The topological polar surface area (TPSA) is 85.2 Å². The van der Waals surface area contributed by atoms with Crippen molar-refractivity contribution in [1.82, 2.24) is 15.5 Å². The first-order valence-electron chi connectivity index (χ1n) is 9.78. The van der Waals surface area contributed by atoms with Crippen molar-refractivity contribution in [3.8, 4) is 6.07 Å². The van der Waals surface area contributed by atoms with Crippen molar-refractivity contribution in [3.05, 3.63) is 0 Å². The molecule has 4 aliphatic rings. The van der Waals surface area contributed by atoms with E-state index in [0.717, 1.165) is 38.5 Å². The number of nitrogens with one attached hydrogen (secondary N) is 2. The Labute approximate surface area is 158 Å². The lowest BCUT2D eigenvalue weighted by molar-refractivity contribution is -0.140. The Kier molecular flexibility index (Phi) is 5.71. The molecule has 4 fully saturated rings. The lowest BCUT2D eigenvalue weighted by Gasteiger charge is -2.53. The lowest BCUT2D eigenvalue weighted by Crippen LogP contribution is -2.60. The Morgan fingerprint density at radius 2 is 1.89 bits per heavy atom. The summed E-state index contributed by atoms with van der Waals surface area (Å²) in [6.07, 6.45) is 3.46. The van der Waals surface area contributed by atoms with E-state index < -0.39 is 30.3 Å². The number of fused-ring (bicyclic) bond motifs is 3. The molecular weight excluding hydrogens is 354 g/mol. The van der Waals surface area contributed by atoms with Gasteiger partial charge in [-0.1, -0.05) is 0 Å². The molecule has 0 aromatic rings. The molecule has 1 aliphatic heterocycles. The highest BCUT2D eigenvalue weighted by molar-refractivity contribution is 5.83. The standard InChI is InChI=1S/C19H28F2N4O2/c1-13(9-20)24-17(27)18-2-5-19(6-3-18,7-4-18)23-11-16(26)25-12-14(21)8-15(25)10-22/h13-15,23H,2-9,11-12H2,1H3,(H,24,27)/t13-,14+,15+,18?,19?/m1/s1. The van der Waals surface area contributed by atoms with E-state index in [1.807, 2.05) is 6.07 Å². The zero-order valence-electron chi connectivity index (χ0n) is 15.8. The Balaban J connectivity index is 1.53. The Morgan fingerprint density at radius 1 is 1.26 bits per heavy atom. The van der Waals surface area contributed by atoms with Gasteiger partial charge in [0.1, 0.15) is 18.9 Å². The van der Waals surface area contributed by atoms with Crippen LogP contribution in [0.25, 0.3) is 0 Å². The molecule has 150 valence electrons. The summed E-state index contributed by atoms with van der Waals surface area (Å²) in [5, 5.41) is 15.2. The Bertz CT molecular complexity index is 611. The number of rotatable bonds is 6. The van der Waals surface area contributed by atoms with Crippen molar-refractivity contribution in [2.45, 2.75) is 75.7 Å². The number of amides is 2. The maximum Gasteiger partial charge on any atom is 0.237 e. The van der Waals surface area contributed by atoms with E-state index in [-0.39, 0.29) is 36.9 Å². The summed E-state index contributed by atoms with van der Waals surface area (Å²) in [4.78, 5) is 26.3. The minimum atomic E-state index is -1.13. The van der Waals surface area contributed by atoms with Gasteiger partial charge in [-0.15, -0.1) is 0 Å². The predicted molar refractivity (Wildman–Crippen MR) is 95.1 cm³/mol. The van der Waals surface area contributed by atoms with Gasteiger partial charge in [0, 0.05) is 17.4 Å². The SMILES string of the molecule is C[C@H](CF)NC(=O)C12CCC(NCC(=O)N3C[C@@H](F)C[C@H]3C#N)(CC1)CC2. The number of halogens is 2. The van der Waals surface area contributed by atoms with Crippen LogP contribution in [-0.4, -0.2) is 60.3 Å². The maximum absolute atomic E-state index is 13.5. The van der Waals surface area contributed by atoms with Crippen LogP contribution in [0.3, 0.4) is 0 Å². The average Bonchev–Trinajstić information content (AvgIpc) is 3.08. The highest BCUT2D eigenvalue weighted by atomic mass is 19.1. The molecule has 3 saturated carbocycles. The van der Waals surface area contributed by atoms with Crippen molar-refractivity contribution in [2.24, 2.45) is 5.41 Å². The van der Waals surface area contributed by atoms with E-state index in [4.69, 9.17) is 5.26 Å². The minimum absolute atomic E-state index is 0.0121. The van der Waals surface area contributed by atoms with E-state index in [0.29, 0.717) is 0 Å². The number of likely N-dealkylation sites (tertiary alicyclic amines) is 1. The zero-order valence-corrected chi connectivity index (χ0v) is 15.8. The third-order valence-electron chi connectivity index (χ3n) is 6.67. The molecule has 2 bridgehead atoms. The molecule has 1 heterocycles. The van der Waals surface area contributed by atoms with E-state index in [9.17, 15) is 18.4 Å². The van der Waals surface area contributed by atoms with E-state index >= 15 is 0 Å². The summed E-state index contributed by atoms with van der Waals surface area (Å²) in [5.74, 6) is -0.298. The number of hydrogen-bond acceptors (Lipinski definition) is 4. The number of alkyl halides is 2. The minimum Gasteiger partial charge on any atom is -0.351 e. The van der Waals surface area contributed by atoms with Gasteiger partial charge in [-0.2, -0.15) is 5.26 Å². The molecule has 3 aliphatic carbocycles. The monoisotopic (exact) mass is 382 g/mol. The van der Waals surface area contributed by atoms with Crippen molar-refractivity contribution in [3.63, 3.8) is 0 Å². The van der Waals surface area contributed by atoms with Crippen molar-refractivity contribution < 1.29 is 18.4 Å². The second kappa shape index (κ2) is 7.70. The molecular formula is C19H28F2N4O2. The Hall–Kier alpha value is -1.75. The molecule has 8 heteroatoms. The van der Waals surface area contributed by atoms with Crippen LogP contribution in [0.1, 0.15) is 51.9 Å². The van der Waals surface area contributed by atoms with Crippen LogP contribution < -0.4 is 10.6 Å². The van der Waals surface area contributed by atoms with Gasteiger partial charge in [0.05, 0.1) is 25.2 Å². The van der Waals surface area contributed by atoms with Gasteiger partial charge in [-0.25, -0.2) is 8.78 Å². The first kappa shape index (κ1) is 20.0. The molecule has 0 aromatic carbocycles. The summed E-state index contributed by atoms with van der Waals surface area (Å²) in [5.41, 5.74) is -0.598. The molecule has 0 radical (unpaired) electrons. The van der Waals surface area contributed by atoms with Gasteiger partial charge in [0.25, 0.3) is 0 Å². The third kappa shape index (κ3) is 3.93. The molecule has 2 N–H and O–H groups in total. The molecule has 2 amide bonds. The lowest BCUT2D eigenvalue weighted by atomic mass is 9.57. The average molecular weight is 382 g/mol. The van der Waals surface area contributed by atoms with E-state index in [2.05, 4.69) is 10.6 Å². The van der Waals surface area contributed by atoms with Crippen molar-refractivity contribution in [2.75, 3.05) is 19.8 Å². The van der Waals surface area contributed by atoms with E-state index in [1.54, 1.807) is 6.92 Å². The number of carbonyl (C=O) groups excluding carboxylic acids is 2. The first-order chi connectivity index (χ1) is 12.8. The summed E-state index contributed by atoms with van der Waals surface area (Å²) in [6, 6.07) is 0.848. The number of carbonyl (C=O) groups is 2. The van der Waals surface area contributed by atoms with Crippen LogP contribution >= 0.6 is 0 Å².